The first-order valence-corrected chi connectivity index (χ1v) is 5.01. The predicted octanol–water partition coefficient (Wildman–Crippen LogP) is 1.65. The number of ether oxygens (including phenoxy) is 1. The minimum atomic E-state index is -0.0542. The van der Waals surface area contributed by atoms with Gasteiger partial charge in [-0.25, -0.2) is 4.99 Å². The fraction of sp³-hybridized carbons (Fsp3) is 0.875. The van der Waals surface area contributed by atoms with Crippen molar-refractivity contribution in [1.82, 2.24) is 4.90 Å². The van der Waals surface area contributed by atoms with E-state index in [4.69, 9.17) is 4.74 Å². The van der Waals surface area contributed by atoms with Gasteiger partial charge in [-0.05, 0) is 12.7 Å². The number of hydrogen-bond acceptors (Lipinski definition) is 3. The molecule has 12 heavy (non-hydrogen) atoms. The SMILES string of the molecule is CCS/C(=N\C(C)OC)N(C)C. The number of methoxy groups -OCH3 is 1. The largest absolute Gasteiger partial charge is 0.360 e. The molecule has 0 N–H and O–H groups in total. The van der Waals surface area contributed by atoms with Crippen molar-refractivity contribution in [1.29, 1.82) is 0 Å². The van der Waals surface area contributed by atoms with E-state index < -0.39 is 0 Å². The van der Waals surface area contributed by atoms with Crippen molar-refractivity contribution >= 4 is 16.9 Å². The predicted molar refractivity (Wildman–Crippen MR) is 55.7 cm³/mol. The van der Waals surface area contributed by atoms with Gasteiger partial charge in [0.1, 0.15) is 6.23 Å². The summed E-state index contributed by atoms with van der Waals surface area (Å²) in [4.78, 5) is 6.37. The van der Waals surface area contributed by atoms with Crippen LogP contribution in [0.3, 0.4) is 0 Å². The maximum absolute atomic E-state index is 5.05. The lowest BCUT2D eigenvalue weighted by atomic mass is 10.7. The van der Waals surface area contributed by atoms with Crippen LogP contribution in [0.4, 0.5) is 0 Å². The number of thioether (sulfide) groups is 1. The van der Waals surface area contributed by atoms with E-state index in [1.54, 1.807) is 18.9 Å². The van der Waals surface area contributed by atoms with Crippen LogP contribution in [0.2, 0.25) is 0 Å². The summed E-state index contributed by atoms with van der Waals surface area (Å²) < 4.78 is 5.05. The smallest absolute Gasteiger partial charge is 0.161 e. The van der Waals surface area contributed by atoms with Crippen LogP contribution >= 0.6 is 11.8 Å². The zero-order valence-corrected chi connectivity index (χ0v) is 9.31. The highest BCUT2D eigenvalue weighted by atomic mass is 32.2. The van der Waals surface area contributed by atoms with E-state index in [1.807, 2.05) is 25.9 Å². The number of amidine groups is 1. The van der Waals surface area contributed by atoms with E-state index >= 15 is 0 Å². The summed E-state index contributed by atoms with van der Waals surface area (Å²) in [5, 5.41) is 1.02. The Labute approximate surface area is 79.2 Å². The van der Waals surface area contributed by atoms with Gasteiger partial charge in [0.15, 0.2) is 5.17 Å². The third-order valence-corrected chi connectivity index (χ3v) is 2.31. The van der Waals surface area contributed by atoms with Crippen molar-refractivity contribution in [2.75, 3.05) is 27.0 Å². The lowest BCUT2D eigenvalue weighted by Gasteiger charge is -2.16. The highest BCUT2D eigenvalue weighted by Crippen LogP contribution is 2.07. The fourth-order valence-corrected chi connectivity index (χ4v) is 1.36. The molecule has 0 aliphatic heterocycles. The molecule has 0 aliphatic carbocycles. The second kappa shape index (κ2) is 6.31. The second-order valence-corrected chi connectivity index (χ2v) is 3.81. The summed E-state index contributed by atoms with van der Waals surface area (Å²) in [7, 11) is 5.64. The summed E-state index contributed by atoms with van der Waals surface area (Å²) in [5.41, 5.74) is 0. The Morgan fingerprint density at radius 3 is 2.50 bits per heavy atom. The fourth-order valence-electron chi connectivity index (χ4n) is 0.619. The average molecular weight is 190 g/mol. The molecule has 0 spiro atoms. The highest BCUT2D eigenvalue weighted by molar-refractivity contribution is 8.13. The van der Waals surface area contributed by atoms with Crippen LogP contribution in [0.15, 0.2) is 4.99 Å². The Balaban J connectivity index is 4.16. The third-order valence-electron chi connectivity index (χ3n) is 1.29. The minimum Gasteiger partial charge on any atom is -0.360 e. The molecule has 0 radical (unpaired) electrons. The van der Waals surface area contributed by atoms with E-state index in [0.29, 0.717) is 0 Å². The molecular weight excluding hydrogens is 172 g/mol. The third kappa shape index (κ3) is 4.62. The molecule has 3 nitrogen and oxygen atoms in total. The van der Waals surface area contributed by atoms with E-state index in [1.165, 1.54) is 0 Å². The molecule has 0 aromatic carbocycles. The van der Waals surface area contributed by atoms with Gasteiger partial charge in [0, 0.05) is 21.2 Å². The molecule has 0 bridgehead atoms. The van der Waals surface area contributed by atoms with E-state index in [9.17, 15) is 0 Å². The van der Waals surface area contributed by atoms with Gasteiger partial charge in [-0.2, -0.15) is 0 Å². The molecule has 1 atom stereocenters. The van der Waals surface area contributed by atoms with Gasteiger partial charge >= 0.3 is 0 Å². The first-order chi connectivity index (χ1) is 5.61. The van der Waals surface area contributed by atoms with Crippen LogP contribution in [-0.2, 0) is 4.74 Å². The van der Waals surface area contributed by atoms with Gasteiger partial charge in [0.05, 0.1) is 0 Å². The van der Waals surface area contributed by atoms with Crippen molar-refractivity contribution in [3.8, 4) is 0 Å². The molecule has 0 rings (SSSR count). The van der Waals surface area contributed by atoms with E-state index in [-0.39, 0.29) is 6.23 Å². The van der Waals surface area contributed by atoms with Crippen LogP contribution < -0.4 is 0 Å². The average Bonchev–Trinajstić information content (AvgIpc) is 2.03. The first kappa shape index (κ1) is 11.8. The number of nitrogens with zero attached hydrogens (tertiary/aromatic N) is 2. The molecule has 4 heteroatoms. The molecular formula is C8H18N2OS. The highest BCUT2D eigenvalue weighted by Gasteiger charge is 2.03. The maximum Gasteiger partial charge on any atom is 0.161 e. The zero-order chi connectivity index (χ0) is 9.56. The molecule has 0 amide bonds. The summed E-state index contributed by atoms with van der Waals surface area (Å²) >= 11 is 1.72. The van der Waals surface area contributed by atoms with Gasteiger partial charge in [0.25, 0.3) is 0 Å². The van der Waals surface area contributed by atoms with E-state index in [0.717, 1.165) is 10.9 Å². The zero-order valence-electron chi connectivity index (χ0n) is 8.50. The van der Waals surface area contributed by atoms with Crippen molar-refractivity contribution < 1.29 is 4.74 Å². The first-order valence-electron chi connectivity index (χ1n) is 4.02. The van der Waals surface area contributed by atoms with Gasteiger partial charge in [0.2, 0.25) is 0 Å². The van der Waals surface area contributed by atoms with Crippen molar-refractivity contribution in [2.45, 2.75) is 20.1 Å². The molecule has 0 saturated heterocycles. The van der Waals surface area contributed by atoms with Crippen LogP contribution in [0.5, 0.6) is 0 Å². The molecule has 0 aromatic rings. The summed E-state index contributed by atoms with van der Waals surface area (Å²) in [6.07, 6.45) is -0.0542. The number of aliphatic imine (C=N–C) groups is 1. The van der Waals surface area contributed by atoms with Gasteiger partial charge in [-0.3, -0.25) is 0 Å². The number of hydrogen-bond donors (Lipinski definition) is 0. The number of rotatable bonds is 3. The van der Waals surface area contributed by atoms with Crippen LogP contribution in [0, 0.1) is 0 Å². The summed E-state index contributed by atoms with van der Waals surface area (Å²) in [6.45, 7) is 4.04. The summed E-state index contributed by atoms with van der Waals surface area (Å²) in [6, 6.07) is 0. The van der Waals surface area contributed by atoms with Crippen molar-refractivity contribution in [2.24, 2.45) is 4.99 Å². The topological polar surface area (TPSA) is 24.8 Å². The Bertz CT molecular complexity index is 148. The van der Waals surface area contributed by atoms with Gasteiger partial charge < -0.3 is 9.64 Å². The monoisotopic (exact) mass is 190 g/mol. The Kier molecular flexibility index (Phi) is 6.20. The molecule has 0 heterocycles. The molecule has 0 fully saturated rings. The normalized spacial score (nSPS) is 14.6. The Hall–Kier alpha value is -0.220. The Morgan fingerprint density at radius 2 is 2.17 bits per heavy atom. The van der Waals surface area contributed by atoms with Crippen LogP contribution in [0.1, 0.15) is 13.8 Å². The molecule has 72 valence electrons. The van der Waals surface area contributed by atoms with Gasteiger partial charge in [-0.1, -0.05) is 18.7 Å². The summed E-state index contributed by atoms with van der Waals surface area (Å²) in [5.74, 6) is 1.04. The molecule has 0 saturated carbocycles. The Morgan fingerprint density at radius 1 is 1.58 bits per heavy atom. The van der Waals surface area contributed by atoms with Crippen molar-refractivity contribution in [3.05, 3.63) is 0 Å². The molecule has 0 aromatic heterocycles. The molecule has 0 aliphatic rings. The van der Waals surface area contributed by atoms with Crippen LogP contribution in [0.25, 0.3) is 0 Å². The van der Waals surface area contributed by atoms with Crippen LogP contribution in [-0.4, -0.2) is 43.3 Å². The quantitative estimate of drug-likeness (QED) is 0.500. The van der Waals surface area contributed by atoms with Crippen molar-refractivity contribution in [3.63, 3.8) is 0 Å². The molecule has 1 unspecified atom stereocenters. The minimum absolute atomic E-state index is 0.0542. The van der Waals surface area contributed by atoms with Gasteiger partial charge in [-0.15, -0.1) is 0 Å². The lowest BCUT2D eigenvalue weighted by molar-refractivity contribution is 0.125. The standard InChI is InChI=1S/C8H18N2OS/c1-6-12-8(10(3)4)9-7(2)11-5/h7H,6H2,1-5H3/b9-8-. The lowest BCUT2D eigenvalue weighted by Crippen LogP contribution is -2.21. The van der Waals surface area contributed by atoms with E-state index in [2.05, 4.69) is 11.9 Å². The maximum atomic E-state index is 5.05. The second-order valence-electron chi connectivity index (χ2n) is 2.57.